The van der Waals surface area contributed by atoms with Crippen molar-refractivity contribution in [1.29, 1.82) is 0 Å². The highest BCUT2D eigenvalue weighted by molar-refractivity contribution is 6.30. The summed E-state index contributed by atoms with van der Waals surface area (Å²) in [5.41, 5.74) is 1.28. The van der Waals surface area contributed by atoms with Gasteiger partial charge in [0.1, 0.15) is 5.75 Å². The zero-order valence-corrected chi connectivity index (χ0v) is 14.3. The summed E-state index contributed by atoms with van der Waals surface area (Å²) in [6.07, 6.45) is 0. The molecule has 2 aromatic rings. The number of carbonyl (C=O) groups excluding carboxylic acids is 2. The first-order valence-corrected chi connectivity index (χ1v) is 7.85. The molecular weight excluding hydrogens is 328 g/mol. The lowest BCUT2D eigenvalue weighted by molar-refractivity contribution is -0.120. The van der Waals surface area contributed by atoms with Gasteiger partial charge in [-0.3, -0.25) is 9.59 Å². The molecular formula is C18H19ClN2O3. The molecule has 0 radical (unpaired) electrons. The van der Waals surface area contributed by atoms with Crippen molar-refractivity contribution in [1.82, 2.24) is 10.6 Å². The van der Waals surface area contributed by atoms with Gasteiger partial charge < -0.3 is 15.4 Å². The van der Waals surface area contributed by atoms with Crippen molar-refractivity contribution in [2.24, 2.45) is 0 Å². The van der Waals surface area contributed by atoms with Gasteiger partial charge in [-0.15, -0.1) is 0 Å². The Labute approximate surface area is 146 Å². The smallest absolute Gasteiger partial charge is 0.255 e. The Kier molecular flexibility index (Phi) is 6.21. The Morgan fingerprint density at radius 1 is 1.17 bits per heavy atom. The van der Waals surface area contributed by atoms with Gasteiger partial charge in [-0.2, -0.15) is 0 Å². The number of nitrogens with one attached hydrogen (secondary N) is 2. The van der Waals surface area contributed by atoms with Crippen molar-refractivity contribution in [2.75, 3.05) is 13.7 Å². The molecule has 2 amide bonds. The van der Waals surface area contributed by atoms with Gasteiger partial charge in [0, 0.05) is 5.02 Å². The minimum absolute atomic E-state index is 0.123. The molecule has 0 aliphatic heterocycles. The highest BCUT2D eigenvalue weighted by Crippen LogP contribution is 2.18. The van der Waals surface area contributed by atoms with E-state index in [-0.39, 0.29) is 24.4 Å². The van der Waals surface area contributed by atoms with Gasteiger partial charge in [0.05, 0.1) is 25.3 Å². The molecule has 0 aliphatic carbocycles. The van der Waals surface area contributed by atoms with Crippen LogP contribution in [0.2, 0.25) is 5.02 Å². The van der Waals surface area contributed by atoms with Gasteiger partial charge in [-0.25, -0.2) is 0 Å². The molecule has 126 valence electrons. The molecule has 0 saturated heterocycles. The van der Waals surface area contributed by atoms with Crippen LogP contribution in [0.5, 0.6) is 5.75 Å². The zero-order valence-electron chi connectivity index (χ0n) is 13.5. The van der Waals surface area contributed by atoms with E-state index in [0.717, 1.165) is 5.56 Å². The van der Waals surface area contributed by atoms with Crippen LogP contribution < -0.4 is 15.4 Å². The maximum Gasteiger partial charge on any atom is 0.255 e. The van der Waals surface area contributed by atoms with Crippen LogP contribution in [-0.2, 0) is 4.79 Å². The summed E-state index contributed by atoms with van der Waals surface area (Å²) < 4.78 is 5.13. The van der Waals surface area contributed by atoms with Gasteiger partial charge >= 0.3 is 0 Å². The van der Waals surface area contributed by atoms with Crippen molar-refractivity contribution in [2.45, 2.75) is 13.0 Å². The third kappa shape index (κ3) is 4.73. The number of halogens is 1. The van der Waals surface area contributed by atoms with Crippen molar-refractivity contribution in [3.05, 3.63) is 64.7 Å². The first kappa shape index (κ1) is 17.8. The third-order valence-corrected chi connectivity index (χ3v) is 3.72. The Hall–Kier alpha value is -2.53. The normalized spacial score (nSPS) is 11.5. The molecule has 0 heterocycles. The summed E-state index contributed by atoms with van der Waals surface area (Å²) >= 11 is 5.94. The SMILES string of the molecule is COc1ccccc1C(=O)NCC(=O)N[C@@H](C)c1cccc(Cl)c1. The predicted molar refractivity (Wildman–Crippen MR) is 93.3 cm³/mol. The van der Waals surface area contributed by atoms with Crippen LogP contribution in [0.4, 0.5) is 0 Å². The monoisotopic (exact) mass is 346 g/mol. The molecule has 2 aromatic carbocycles. The van der Waals surface area contributed by atoms with Crippen LogP contribution in [0, 0.1) is 0 Å². The Morgan fingerprint density at radius 3 is 2.62 bits per heavy atom. The molecule has 2 N–H and O–H groups in total. The molecule has 0 spiro atoms. The second kappa shape index (κ2) is 8.36. The second-order valence-electron chi connectivity index (χ2n) is 5.23. The number of carbonyl (C=O) groups is 2. The van der Waals surface area contributed by atoms with E-state index in [4.69, 9.17) is 16.3 Å². The molecule has 0 unspecified atom stereocenters. The molecule has 6 heteroatoms. The van der Waals surface area contributed by atoms with Gasteiger partial charge in [0.2, 0.25) is 5.91 Å². The number of hydrogen-bond donors (Lipinski definition) is 2. The maximum atomic E-state index is 12.1. The quantitative estimate of drug-likeness (QED) is 0.845. The Bertz CT molecular complexity index is 734. The third-order valence-electron chi connectivity index (χ3n) is 3.49. The van der Waals surface area contributed by atoms with E-state index in [0.29, 0.717) is 16.3 Å². The van der Waals surface area contributed by atoms with E-state index in [1.165, 1.54) is 7.11 Å². The minimum atomic E-state index is -0.363. The first-order valence-electron chi connectivity index (χ1n) is 7.47. The number of amides is 2. The van der Waals surface area contributed by atoms with E-state index < -0.39 is 0 Å². The van der Waals surface area contributed by atoms with E-state index in [9.17, 15) is 9.59 Å². The highest BCUT2D eigenvalue weighted by atomic mass is 35.5. The fourth-order valence-corrected chi connectivity index (χ4v) is 2.44. The largest absolute Gasteiger partial charge is 0.496 e. The number of benzene rings is 2. The summed E-state index contributed by atoms with van der Waals surface area (Å²) in [7, 11) is 1.49. The molecule has 0 aromatic heterocycles. The summed E-state index contributed by atoms with van der Waals surface area (Å²) in [6, 6.07) is 13.9. The van der Waals surface area contributed by atoms with Crippen LogP contribution in [0.1, 0.15) is 28.9 Å². The molecule has 2 rings (SSSR count). The first-order chi connectivity index (χ1) is 11.5. The van der Waals surface area contributed by atoms with E-state index in [1.807, 2.05) is 19.1 Å². The highest BCUT2D eigenvalue weighted by Gasteiger charge is 2.14. The van der Waals surface area contributed by atoms with Gasteiger partial charge in [0.15, 0.2) is 0 Å². The van der Waals surface area contributed by atoms with Gasteiger partial charge in [0.25, 0.3) is 5.91 Å². The van der Waals surface area contributed by atoms with Crippen LogP contribution in [0.15, 0.2) is 48.5 Å². The number of hydrogen-bond acceptors (Lipinski definition) is 3. The van der Waals surface area contributed by atoms with Crippen LogP contribution in [0.3, 0.4) is 0 Å². The van der Waals surface area contributed by atoms with Crippen LogP contribution in [-0.4, -0.2) is 25.5 Å². The van der Waals surface area contributed by atoms with Crippen molar-refractivity contribution in [3.8, 4) is 5.75 Å². The van der Waals surface area contributed by atoms with Gasteiger partial charge in [-0.05, 0) is 36.8 Å². The van der Waals surface area contributed by atoms with Crippen molar-refractivity contribution >= 4 is 23.4 Å². The Balaban J connectivity index is 1.90. The lowest BCUT2D eigenvalue weighted by Crippen LogP contribution is -2.38. The standard InChI is InChI=1S/C18H19ClN2O3/c1-12(13-6-5-7-14(19)10-13)21-17(22)11-20-18(23)15-8-3-4-9-16(15)24-2/h3-10,12H,11H2,1-2H3,(H,20,23)(H,21,22)/t12-/m0/s1. The minimum Gasteiger partial charge on any atom is -0.496 e. The number of methoxy groups -OCH3 is 1. The lowest BCUT2D eigenvalue weighted by atomic mass is 10.1. The van der Waals surface area contributed by atoms with E-state index in [1.54, 1.807) is 36.4 Å². The number of rotatable bonds is 6. The van der Waals surface area contributed by atoms with E-state index >= 15 is 0 Å². The van der Waals surface area contributed by atoms with Gasteiger partial charge in [-0.1, -0.05) is 35.9 Å². The average molecular weight is 347 g/mol. The summed E-state index contributed by atoms with van der Waals surface area (Å²) in [5, 5.41) is 6.01. The van der Waals surface area contributed by atoms with Crippen molar-refractivity contribution in [3.63, 3.8) is 0 Å². The molecule has 0 aliphatic rings. The fraction of sp³-hybridized carbons (Fsp3) is 0.222. The molecule has 5 nitrogen and oxygen atoms in total. The summed E-state index contributed by atoms with van der Waals surface area (Å²) in [6.45, 7) is 1.73. The number of para-hydroxylation sites is 1. The lowest BCUT2D eigenvalue weighted by Gasteiger charge is -2.15. The Morgan fingerprint density at radius 2 is 1.92 bits per heavy atom. The number of ether oxygens (including phenoxy) is 1. The molecule has 0 bridgehead atoms. The fourth-order valence-electron chi connectivity index (χ4n) is 2.24. The second-order valence-corrected chi connectivity index (χ2v) is 5.66. The molecule has 24 heavy (non-hydrogen) atoms. The zero-order chi connectivity index (χ0) is 17.5. The summed E-state index contributed by atoms with van der Waals surface area (Å²) in [4.78, 5) is 24.2. The predicted octanol–water partition coefficient (Wildman–Crippen LogP) is 2.96. The molecule has 0 fully saturated rings. The average Bonchev–Trinajstić information content (AvgIpc) is 2.59. The van der Waals surface area contributed by atoms with Crippen molar-refractivity contribution < 1.29 is 14.3 Å². The van der Waals surface area contributed by atoms with Crippen LogP contribution >= 0.6 is 11.6 Å². The molecule has 0 saturated carbocycles. The van der Waals surface area contributed by atoms with E-state index in [2.05, 4.69) is 10.6 Å². The summed E-state index contributed by atoms with van der Waals surface area (Å²) in [5.74, 6) is -0.188. The van der Waals surface area contributed by atoms with Crippen LogP contribution in [0.25, 0.3) is 0 Å². The maximum absolute atomic E-state index is 12.1. The topological polar surface area (TPSA) is 67.4 Å². The molecule has 1 atom stereocenters.